The average Bonchev–Trinajstić information content (AvgIpc) is 2.33. The zero-order valence-electron chi connectivity index (χ0n) is 5.38. The first kappa shape index (κ1) is 5.21. The van der Waals surface area contributed by atoms with E-state index in [0.717, 1.165) is 0 Å². The van der Waals surface area contributed by atoms with Crippen molar-refractivity contribution in [3.05, 3.63) is 0 Å². The maximum absolute atomic E-state index is 4.07. The van der Waals surface area contributed by atoms with E-state index in [1.165, 1.54) is 25.7 Å². The van der Waals surface area contributed by atoms with E-state index in [2.05, 4.69) is 15.8 Å². The van der Waals surface area contributed by atoms with Crippen LogP contribution in [0.5, 0.6) is 0 Å². The molecule has 2 atom stereocenters. The second-order valence-corrected chi connectivity index (χ2v) is 2.80. The maximum atomic E-state index is 4.07. The first-order valence-electron chi connectivity index (χ1n) is 3.62. The maximum Gasteiger partial charge on any atom is 0.0947 e. The van der Waals surface area contributed by atoms with Crippen LogP contribution < -0.4 is 5.43 Å². The van der Waals surface area contributed by atoms with E-state index in [0.29, 0.717) is 12.1 Å². The molecule has 1 fully saturated rings. The molecule has 1 heterocycles. The van der Waals surface area contributed by atoms with E-state index in [-0.39, 0.29) is 0 Å². The molecule has 1 saturated carbocycles. The molecule has 2 aliphatic rings. The third kappa shape index (κ3) is 0.802. The van der Waals surface area contributed by atoms with Gasteiger partial charge in [0.25, 0.3) is 0 Å². The molecule has 2 unspecified atom stereocenters. The first-order valence-corrected chi connectivity index (χ1v) is 3.62. The molecule has 3 heteroatoms. The van der Waals surface area contributed by atoms with E-state index >= 15 is 0 Å². The van der Waals surface area contributed by atoms with Crippen molar-refractivity contribution in [3.63, 3.8) is 0 Å². The largest absolute Gasteiger partial charge is 0.286 e. The highest BCUT2D eigenvalue weighted by Crippen LogP contribution is 2.24. The molecule has 3 nitrogen and oxygen atoms in total. The zero-order chi connectivity index (χ0) is 6.10. The Kier molecular flexibility index (Phi) is 1.14. The van der Waals surface area contributed by atoms with Gasteiger partial charge in [-0.25, -0.2) is 0 Å². The molecule has 0 spiro atoms. The van der Waals surface area contributed by atoms with Crippen molar-refractivity contribution in [2.45, 2.75) is 37.8 Å². The van der Waals surface area contributed by atoms with E-state index < -0.39 is 0 Å². The number of nitrogens with one attached hydrogen (secondary N) is 1. The highest BCUT2D eigenvalue weighted by atomic mass is 15.5. The van der Waals surface area contributed by atoms with Crippen molar-refractivity contribution in [2.75, 3.05) is 0 Å². The summed E-state index contributed by atoms with van der Waals surface area (Å²) in [5, 5.41) is 7.87. The quantitative estimate of drug-likeness (QED) is 0.520. The Hall–Kier alpha value is -0.600. The minimum absolute atomic E-state index is 0.513. The fourth-order valence-electron chi connectivity index (χ4n) is 1.58. The van der Waals surface area contributed by atoms with Gasteiger partial charge in [0.05, 0.1) is 12.1 Å². The molecule has 1 N–H and O–H groups in total. The zero-order valence-corrected chi connectivity index (χ0v) is 5.38. The van der Waals surface area contributed by atoms with Crippen molar-refractivity contribution in [2.24, 2.45) is 10.3 Å². The lowest BCUT2D eigenvalue weighted by atomic mass is 9.92. The number of hydrogen-bond acceptors (Lipinski definition) is 3. The van der Waals surface area contributed by atoms with Crippen LogP contribution in [0, 0.1) is 0 Å². The minimum Gasteiger partial charge on any atom is -0.286 e. The molecular formula is C6H11N3. The molecule has 2 rings (SSSR count). The molecule has 0 bridgehead atoms. The second-order valence-electron chi connectivity index (χ2n) is 2.80. The van der Waals surface area contributed by atoms with E-state index in [4.69, 9.17) is 0 Å². The van der Waals surface area contributed by atoms with Gasteiger partial charge in [-0.15, -0.1) is 0 Å². The lowest BCUT2D eigenvalue weighted by Crippen LogP contribution is -2.33. The van der Waals surface area contributed by atoms with Gasteiger partial charge in [-0.3, -0.25) is 5.43 Å². The molecule has 0 aromatic heterocycles. The van der Waals surface area contributed by atoms with Crippen molar-refractivity contribution in [3.8, 4) is 0 Å². The number of fused-ring (bicyclic) bond motifs is 1. The van der Waals surface area contributed by atoms with Gasteiger partial charge in [-0.1, -0.05) is 18.1 Å². The SMILES string of the molecule is C1CCC2NN=NC2C1. The van der Waals surface area contributed by atoms with Crippen LogP contribution in [0.15, 0.2) is 10.3 Å². The molecule has 1 aliphatic heterocycles. The summed E-state index contributed by atoms with van der Waals surface area (Å²) < 4.78 is 0. The standard InChI is InChI=1S/C6H11N3/c1-2-4-6-5(3-1)7-9-8-6/h5-6H,1-4H2,(H,7,8). The molecule has 0 aromatic rings. The van der Waals surface area contributed by atoms with Gasteiger partial charge in [0.15, 0.2) is 0 Å². The van der Waals surface area contributed by atoms with Gasteiger partial charge in [0.1, 0.15) is 0 Å². The van der Waals surface area contributed by atoms with Gasteiger partial charge in [-0.2, -0.15) is 5.11 Å². The lowest BCUT2D eigenvalue weighted by Gasteiger charge is -2.20. The van der Waals surface area contributed by atoms with Gasteiger partial charge in [0.2, 0.25) is 0 Å². The Morgan fingerprint density at radius 3 is 3.00 bits per heavy atom. The predicted octanol–water partition coefficient (Wildman–Crippen LogP) is 1.27. The Bertz CT molecular complexity index is 132. The summed E-state index contributed by atoms with van der Waals surface area (Å²) in [6.07, 6.45) is 5.18. The molecule has 0 aromatic carbocycles. The fourth-order valence-corrected chi connectivity index (χ4v) is 1.58. The van der Waals surface area contributed by atoms with Gasteiger partial charge in [0, 0.05) is 0 Å². The third-order valence-electron chi connectivity index (χ3n) is 2.16. The van der Waals surface area contributed by atoms with Crippen LogP contribution in [0.2, 0.25) is 0 Å². The second kappa shape index (κ2) is 1.97. The predicted molar refractivity (Wildman–Crippen MR) is 34.0 cm³/mol. The van der Waals surface area contributed by atoms with Gasteiger partial charge in [-0.05, 0) is 12.8 Å². The van der Waals surface area contributed by atoms with Crippen LogP contribution in [0.3, 0.4) is 0 Å². The van der Waals surface area contributed by atoms with Crippen molar-refractivity contribution in [1.29, 1.82) is 0 Å². The fraction of sp³-hybridized carbons (Fsp3) is 1.00. The summed E-state index contributed by atoms with van der Waals surface area (Å²) in [4.78, 5) is 0. The number of hydrogen-bond donors (Lipinski definition) is 1. The van der Waals surface area contributed by atoms with Crippen LogP contribution >= 0.6 is 0 Å². The van der Waals surface area contributed by atoms with E-state index in [1.807, 2.05) is 0 Å². The Balaban J connectivity index is 2.03. The summed E-state index contributed by atoms with van der Waals surface area (Å²) in [5.74, 6) is 0. The minimum atomic E-state index is 0.513. The topological polar surface area (TPSA) is 36.8 Å². The van der Waals surface area contributed by atoms with Gasteiger partial charge < -0.3 is 0 Å². The van der Waals surface area contributed by atoms with Crippen molar-refractivity contribution in [1.82, 2.24) is 5.43 Å². The monoisotopic (exact) mass is 125 g/mol. The molecular weight excluding hydrogens is 114 g/mol. The molecule has 50 valence electrons. The summed E-state index contributed by atoms with van der Waals surface area (Å²) in [5.41, 5.74) is 3.02. The lowest BCUT2D eigenvalue weighted by molar-refractivity contribution is 0.378. The number of rotatable bonds is 0. The number of nitrogens with zero attached hydrogens (tertiary/aromatic N) is 2. The highest BCUT2D eigenvalue weighted by Gasteiger charge is 2.27. The van der Waals surface area contributed by atoms with Crippen LogP contribution in [0.25, 0.3) is 0 Å². The smallest absolute Gasteiger partial charge is 0.0947 e. The van der Waals surface area contributed by atoms with E-state index in [9.17, 15) is 0 Å². The summed E-state index contributed by atoms with van der Waals surface area (Å²) in [7, 11) is 0. The highest BCUT2D eigenvalue weighted by molar-refractivity contribution is 4.86. The van der Waals surface area contributed by atoms with Crippen LogP contribution in [0.4, 0.5) is 0 Å². The molecule has 1 aliphatic carbocycles. The molecule has 0 saturated heterocycles. The molecule has 0 amide bonds. The third-order valence-corrected chi connectivity index (χ3v) is 2.16. The normalized spacial score (nSPS) is 40.0. The van der Waals surface area contributed by atoms with Crippen molar-refractivity contribution >= 4 is 0 Å². The first-order chi connectivity index (χ1) is 4.47. The Labute approximate surface area is 54.5 Å². The van der Waals surface area contributed by atoms with E-state index in [1.54, 1.807) is 0 Å². The summed E-state index contributed by atoms with van der Waals surface area (Å²) in [6, 6.07) is 1.09. The van der Waals surface area contributed by atoms with Crippen LogP contribution in [-0.2, 0) is 0 Å². The molecule has 9 heavy (non-hydrogen) atoms. The Morgan fingerprint density at radius 2 is 2.11 bits per heavy atom. The average molecular weight is 125 g/mol. The summed E-state index contributed by atoms with van der Waals surface area (Å²) >= 11 is 0. The summed E-state index contributed by atoms with van der Waals surface area (Å²) in [6.45, 7) is 0. The van der Waals surface area contributed by atoms with Crippen molar-refractivity contribution < 1.29 is 0 Å². The van der Waals surface area contributed by atoms with Crippen LogP contribution in [0.1, 0.15) is 25.7 Å². The Morgan fingerprint density at radius 1 is 1.22 bits per heavy atom. The van der Waals surface area contributed by atoms with Crippen LogP contribution in [-0.4, -0.2) is 12.1 Å². The van der Waals surface area contributed by atoms with Gasteiger partial charge >= 0.3 is 0 Å². The molecule has 0 radical (unpaired) electrons.